The summed E-state index contributed by atoms with van der Waals surface area (Å²) in [4.78, 5) is 14.6. The first-order valence-corrected chi connectivity index (χ1v) is 8.23. The van der Waals surface area contributed by atoms with Crippen molar-refractivity contribution in [2.24, 2.45) is 0 Å². The second-order valence-corrected chi connectivity index (χ2v) is 6.72. The fourth-order valence-corrected chi connectivity index (χ4v) is 3.73. The fraction of sp³-hybridized carbons (Fsp3) is 0.562. The van der Waals surface area contributed by atoms with E-state index < -0.39 is 5.97 Å². The number of benzene rings is 1. The molecule has 1 aromatic rings. The van der Waals surface area contributed by atoms with Crippen LogP contribution < -0.4 is 0 Å². The highest BCUT2D eigenvalue weighted by Gasteiger charge is 2.18. The quantitative estimate of drug-likeness (QED) is 0.841. The van der Waals surface area contributed by atoms with Gasteiger partial charge in [-0.1, -0.05) is 12.5 Å². The molecular weight excluding hydrogens is 270 g/mol. The number of rotatable bonds is 5. The number of hydrogen-bond donors (Lipinski definition) is 1. The third-order valence-corrected chi connectivity index (χ3v) is 5.11. The van der Waals surface area contributed by atoms with Crippen molar-refractivity contribution in [1.29, 1.82) is 0 Å². The van der Waals surface area contributed by atoms with Crippen molar-refractivity contribution in [2.75, 3.05) is 19.3 Å². The van der Waals surface area contributed by atoms with Gasteiger partial charge in [0.1, 0.15) is 0 Å². The predicted molar refractivity (Wildman–Crippen MR) is 83.7 cm³/mol. The second-order valence-electron chi connectivity index (χ2n) is 5.55. The highest BCUT2D eigenvalue weighted by atomic mass is 32.2. The molecule has 110 valence electrons. The average Bonchev–Trinajstić information content (AvgIpc) is 2.42. The van der Waals surface area contributed by atoms with E-state index in [0.717, 1.165) is 16.2 Å². The lowest BCUT2D eigenvalue weighted by Crippen LogP contribution is -2.36. The standard InChI is InChI=1S/C16H23NO2S/c1-12-6-7-14(11-15(12)16(18)19)20-10-8-13-5-3-4-9-17(13)2/h6-7,11,13H,3-5,8-10H2,1-2H3,(H,18,19). The van der Waals surface area contributed by atoms with Crippen molar-refractivity contribution < 1.29 is 9.90 Å². The van der Waals surface area contributed by atoms with Crippen LogP contribution in [-0.4, -0.2) is 41.4 Å². The zero-order valence-electron chi connectivity index (χ0n) is 12.3. The number of likely N-dealkylation sites (tertiary alicyclic amines) is 1. The highest BCUT2D eigenvalue weighted by molar-refractivity contribution is 7.99. The van der Waals surface area contributed by atoms with Gasteiger partial charge in [-0.15, -0.1) is 11.8 Å². The molecule has 1 saturated heterocycles. The van der Waals surface area contributed by atoms with Crippen molar-refractivity contribution >= 4 is 17.7 Å². The minimum atomic E-state index is -0.836. The number of nitrogens with zero attached hydrogens (tertiary/aromatic N) is 1. The minimum Gasteiger partial charge on any atom is -0.478 e. The van der Waals surface area contributed by atoms with E-state index in [1.807, 2.05) is 19.1 Å². The zero-order chi connectivity index (χ0) is 14.5. The van der Waals surface area contributed by atoms with E-state index in [2.05, 4.69) is 11.9 Å². The number of carboxylic acid groups (broad SMARTS) is 1. The predicted octanol–water partition coefficient (Wildman–Crippen LogP) is 3.66. The molecule has 2 rings (SSSR count). The summed E-state index contributed by atoms with van der Waals surface area (Å²) in [5.74, 6) is 0.217. The maximum absolute atomic E-state index is 11.1. The van der Waals surface area contributed by atoms with Crippen LogP contribution in [0.2, 0.25) is 0 Å². The molecule has 1 N–H and O–H groups in total. The first-order chi connectivity index (χ1) is 9.58. The van der Waals surface area contributed by atoms with Crippen LogP contribution in [-0.2, 0) is 0 Å². The fourth-order valence-electron chi connectivity index (χ4n) is 2.74. The molecule has 0 bridgehead atoms. The monoisotopic (exact) mass is 293 g/mol. The van der Waals surface area contributed by atoms with E-state index in [4.69, 9.17) is 5.11 Å². The van der Waals surface area contributed by atoms with E-state index in [9.17, 15) is 4.79 Å². The van der Waals surface area contributed by atoms with Crippen LogP contribution in [0.15, 0.2) is 23.1 Å². The Morgan fingerprint density at radius 1 is 1.45 bits per heavy atom. The third kappa shape index (κ3) is 4.00. The van der Waals surface area contributed by atoms with Crippen LogP contribution in [0.3, 0.4) is 0 Å². The average molecular weight is 293 g/mol. The number of aromatic carboxylic acids is 1. The van der Waals surface area contributed by atoms with Crippen molar-refractivity contribution in [3.63, 3.8) is 0 Å². The number of aryl methyl sites for hydroxylation is 1. The number of carbonyl (C=O) groups is 1. The molecule has 0 radical (unpaired) electrons. The lowest BCUT2D eigenvalue weighted by Gasteiger charge is -2.32. The second kappa shape index (κ2) is 7.14. The number of thioether (sulfide) groups is 1. The highest BCUT2D eigenvalue weighted by Crippen LogP contribution is 2.25. The van der Waals surface area contributed by atoms with E-state index in [0.29, 0.717) is 11.6 Å². The van der Waals surface area contributed by atoms with Crippen LogP contribution in [0.5, 0.6) is 0 Å². The van der Waals surface area contributed by atoms with Gasteiger partial charge in [0.2, 0.25) is 0 Å². The van der Waals surface area contributed by atoms with Crippen LogP contribution in [0.1, 0.15) is 41.6 Å². The Balaban J connectivity index is 1.87. The smallest absolute Gasteiger partial charge is 0.335 e. The van der Waals surface area contributed by atoms with Crippen molar-refractivity contribution in [2.45, 2.75) is 43.5 Å². The molecule has 1 atom stereocenters. The zero-order valence-corrected chi connectivity index (χ0v) is 13.1. The molecule has 0 aromatic heterocycles. The Morgan fingerprint density at radius 3 is 2.95 bits per heavy atom. The molecule has 3 nitrogen and oxygen atoms in total. The van der Waals surface area contributed by atoms with Crippen LogP contribution in [0.4, 0.5) is 0 Å². The Labute approximate surface area is 125 Å². The summed E-state index contributed by atoms with van der Waals surface area (Å²) < 4.78 is 0. The molecule has 1 fully saturated rings. The van der Waals surface area contributed by atoms with Gasteiger partial charge in [0.15, 0.2) is 0 Å². The lowest BCUT2D eigenvalue weighted by atomic mass is 10.0. The topological polar surface area (TPSA) is 40.5 Å². The van der Waals surface area contributed by atoms with Gasteiger partial charge in [-0.2, -0.15) is 0 Å². The maximum Gasteiger partial charge on any atom is 0.335 e. The van der Waals surface area contributed by atoms with Crippen molar-refractivity contribution in [3.05, 3.63) is 29.3 Å². The number of piperidine rings is 1. The van der Waals surface area contributed by atoms with Gasteiger partial charge in [-0.25, -0.2) is 4.79 Å². The summed E-state index contributed by atoms with van der Waals surface area (Å²) in [5, 5.41) is 9.14. The summed E-state index contributed by atoms with van der Waals surface area (Å²) in [7, 11) is 2.21. The minimum absolute atomic E-state index is 0.421. The van der Waals surface area contributed by atoms with Crippen LogP contribution in [0, 0.1) is 6.92 Å². The van der Waals surface area contributed by atoms with Gasteiger partial charge in [-0.05, 0) is 63.2 Å². The molecule has 1 aliphatic rings. The van der Waals surface area contributed by atoms with Gasteiger partial charge < -0.3 is 10.0 Å². The molecule has 1 aliphatic heterocycles. The van der Waals surface area contributed by atoms with Crippen LogP contribution in [0.25, 0.3) is 0 Å². The number of carboxylic acids is 1. The normalized spacial score (nSPS) is 20.0. The molecule has 4 heteroatoms. The van der Waals surface area contributed by atoms with Crippen LogP contribution >= 0.6 is 11.8 Å². The Hall–Kier alpha value is -1.00. The molecule has 1 heterocycles. The van der Waals surface area contributed by atoms with Gasteiger partial charge >= 0.3 is 5.97 Å². The van der Waals surface area contributed by atoms with E-state index in [1.165, 1.54) is 32.2 Å². The SMILES string of the molecule is Cc1ccc(SCCC2CCCCN2C)cc1C(=O)O. The Morgan fingerprint density at radius 2 is 2.25 bits per heavy atom. The van der Waals surface area contributed by atoms with Gasteiger partial charge in [-0.3, -0.25) is 0 Å². The van der Waals surface area contributed by atoms with E-state index >= 15 is 0 Å². The summed E-state index contributed by atoms with van der Waals surface area (Å²) in [6.07, 6.45) is 5.14. The third-order valence-electron chi connectivity index (χ3n) is 4.08. The molecule has 0 amide bonds. The van der Waals surface area contributed by atoms with Gasteiger partial charge in [0, 0.05) is 10.9 Å². The van der Waals surface area contributed by atoms with E-state index in [-0.39, 0.29) is 0 Å². The molecule has 0 aliphatic carbocycles. The number of hydrogen-bond acceptors (Lipinski definition) is 3. The van der Waals surface area contributed by atoms with Gasteiger partial charge in [0.25, 0.3) is 0 Å². The summed E-state index contributed by atoms with van der Waals surface area (Å²) in [6, 6.07) is 6.42. The first-order valence-electron chi connectivity index (χ1n) is 7.25. The Bertz CT molecular complexity index is 476. The summed E-state index contributed by atoms with van der Waals surface area (Å²) >= 11 is 1.77. The maximum atomic E-state index is 11.1. The molecule has 1 unspecified atom stereocenters. The summed E-state index contributed by atoms with van der Waals surface area (Å²) in [5.41, 5.74) is 1.25. The van der Waals surface area contributed by atoms with Crippen molar-refractivity contribution in [3.8, 4) is 0 Å². The lowest BCUT2D eigenvalue weighted by molar-refractivity contribution is 0.0696. The van der Waals surface area contributed by atoms with E-state index in [1.54, 1.807) is 17.8 Å². The Kier molecular flexibility index (Phi) is 5.49. The molecule has 0 spiro atoms. The first kappa shape index (κ1) is 15.4. The molecule has 0 saturated carbocycles. The molecule has 20 heavy (non-hydrogen) atoms. The van der Waals surface area contributed by atoms with Crippen molar-refractivity contribution in [1.82, 2.24) is 4.90 Å². The summed E-state index contributed by atoms with van der Waals surface area (Å²) in [6.45, 7) is 3.05. The largest absolute Gasteiger partial charge is 0.478 e. The molecular formula is C16H23NO2S. The van der Waals surface area contributed by atoms with Gasteiger partial charge in [0.05, 0.1) is 5.56 Å². The molecule has 1 aromatic carbocycles.